The van der Waals surface area contributed by atoms with Crippen LogP contribution < -0.4 is 5.73 Å². The molecule has 1 aliphatic carbocycles. The summed E-state index contributed by atoms with van der Waals surface area (Å²) in [5.74, 6) is 1.03. The van der Waals surface area contributed by atoms with Gasteiger partial charge in [-0.1, -0.05) is 0 Å². The third-order valence-electron chi connectivity index (χ3n) is 2.88. The number of hydrogen-bond donors (Lipinski definition) is 1. The second-order valence-electron chi connectivity index (χ2n) is 4.37. The van der Waals surface area contributed by atoms with Crippen LogP contribution in [0.1, 0.15) is 32.1 Å². The Kier molecular flexibility index (Phi) is 4.67. The summed E-state index contributed by atoms with van der Waals surface area (Å²) in [7, 11) is 0. The molecule has 12 heavy (non-hydrogen) atoms. The van der Waals surface area contributed by atoms with Gasteiger partial charge in [-0.2, -0.15) is 0 Å². The van der Waals surface area contributed by atoms with E-state index in [9.17, 15) is 0 Å². The van der Waals surface area contributed by atoms with E-state index in [1.54, 1.807) is 5.21 Å². The Balaban J connectivity index is 2.09. The monoisotopic (exact) mass is 231 g/mol. The minimum absolute atomic E-state index is 0.347. The van der Waals surface area contributed by atoms with E-state index in [4.69, 9.17) is 5.73 Å². The Bertz CT molecular complexity index is 117. The van der Waals surface area contributed by atoms with Gasteiger partial charge in [-0.05, 0) is 0 Å². The molecule has 1 fully saturated rings. The Morgan fingerprint density at radius 3 is 2.25 bits per heavy atom. The topological polar surface area (TPSA) is 26.0 Å². The first kappa shape index (κ1) is 10.6. The van der Waals surface area contributed by atoms with Gasteiger partial charge in [-0.25, -0.2) is 0 Å². The molecular formula is C10H22AsN. The summed E-state index contributed by atoms with van der Waals surface area (Å²) in [4.78, 5) is 0. The molecule has 0 aliphatic heterocycles. The summed E-state index contributed by atoms with van der Waals surface area (Å²) < 4.78 is 0. The molecule has 1 saturated carbocycles. The third-order valence-corrected chi connectivity index (χ3v) is 5.29. The first-order valence-corrected chi connectivity index (χ1v) is 10.2. The van der Waals surface area contributed by atoms with Crippen molar-refractivity contribution in [3.8, 4) is 0 Å². The molecule has 0 heterocycles. The van der Waals surface area contributed by atoms with Crippen molar-refractivity contribution in [2.75, 3.05) is 0 Å². The van der Waals surface area contributed by atoms with Crippen molar-refractivity contribution in [3.05, 3.63) is 0 Å². The van der Waals surface area contributed by atoms with Crippen molar-refractivity contribution >= 4 is 14.7 Å². The molecule has 2 heteroatoms. The predicted octanol–water partition coefficient (Wildman–Crippen LogP) is 2.65. The number of rotatable bonds is 3. The van der Waals surface area contributed by atoms with Gasteiger partial charge in [0.15, 0.2) is 0 Å². The van der Waals surface area contributed by atoms with Crippen LogP contribution in [0.4, 0.5) is 0 Å². The van der Waals surface area contributed by atoms with E-state index >= 15 is 0 Å². The van der Waals surface area contributed by atoms with Crippen LogP contribution in [0.5, 0.6) is 0 Å². The quantitative estimate of drug-likeness (QED) is 0.742. The SMILES string of the molecule is C[As](C)CCC1CCC(N)CC1. The van der Waals surface area contributed by atoms with Crippen LogP contribution in [0.2, 0.25) is 16.6 Å². The molecule has 0 aromatic carbocycles. The van der Waals surface area contributed by atoms with Crippen molar-refractivity contribution in [1.82, 2.24) is 0 Å². The van der Waals surface area contributed by atoms with E-state index < -0.39 is 0 Å². The minimum atomic E-state index is -0.347. The van der Waals surface area contributed by atoms with Gasteiger partial charge >= 0.3 is 81.1 Å². The van der Waals surface area contributed by atoms with Crippen molar-refractivity contribution < 1.29 is 0 Å². The Morgan fingerprint density at radius 1 is 1.17 bits per heavy atom. The van der Waals surface area contributed by atoms with E-state index in [-0.39, 0.29) is 14.7 Å². The summed E-state index contributed by atoms with van der Waals surface area (Å²) in [6.07, 6.45) is 6.88. The molecule has 0 atom stereocenters. The van der Waals surface area contributed by atoms with E-state index in [1.165, 1.54) is 32.1 Å². The molecule has 0 saturated heterocycles. The molecule has 0 spiro atoms. The summed E-state index contributed by atoms with van der Waals surface area (Å²) in [6, 6.07) is 0.526. The van der Waals surface area contributed by atoms with Gasteiger partial charge in [0.1, 0.15) is 0 Å². The van der Waals surface area contributed by atoms with Crippen molar-refractivity contribution in [3.63, 3.8) is 0 Å². The van der Waals surface area contributed by atoms with E-state index in [0.29, 0.717) is 6.04 Å². The fraction of sp³-hybridized carbons (Fsp3) is 1.00. The Morgan fingerprint density at radius 2 is 1.75 bits per heavy atom. The second-order valence-corrected chi connectivity index (χ2v) is 9.84. The van der Waals surface area contributed by atoms with Gasteiger partial charge in [-0.3, -0.25) is 0 Å². The summed E-state index contributed by atoms with van der Waals surface area (Å²) in [6.45, 7) is 0. The molecule has 0 amide bonds. The number of hydrogen-bond acceptors (Lipinski definition) is 1. The molecule has 2 N–H and O–H groups in total. The fourth-order valence-corrected chi connectivity index (χ4v) is 3.77. The van der Waals surface area contributed by atoms with Crippen LogP contribution in [0.3, 0.4) is 0 Å². The second kappa shape index (κ2) is 5.29. The fourth-order valence-electron chi connectivity index (χ4n) is 1.92. The molecule has 0 aromatic heterocycles. The molecule has 1 nitrogen and oxygen atoms in total. The van der Waals surface area contributed by atoms with Crippen molar-refractivity contribution in [2.24, 2.45) is 11.7 Å². The predicted molar refractivity (Wildman–Crippen MR) is 56.8 cm³/mol. The van der Waals surface area contributed by atoms with Crippen LogP contribution in [-0.2, 0) is 0 Å². The standard InChI is InChI=1S/C10H22AsN/c1-11(2)8-7-9-3-5-10(12)6-4-9/h9-10H,3-8,12H2,1-2H3. The first-order chi connectivity index (χ1) is 5.68. The van der Waals surface area contributed by atoms with Crippen molar-refractivity contribution in [1.29, 1.82) is 0 Å². The molecule has 0 bridgehead atoms. The zero-order valence-electron chi connectivity index (χ0n) is 8.42. The Hall–Kier alpha value is 0.518. The maximum atomic E-state index is 5.86. The third kappa shape index (κ3) is 3.96. The van der Waals surface area contributed by atoms with Crippen LogP contribution in [0.15, 0.2) is 0 Å². The van der Waals surface area contributed by atoms with Gasteiger partial charge in [0.25, 0.3) is 0 Å². The van der Waals surface area contributed by atoms with Gasteiger partial charge in [0.05, 0.1) is 0 Å². The van der Waals surface area contributed by atoms with Gasteiger partial charge in [0, 0.05) is 0 Å². The molecule has 1 rings (SSSR count). The van der Waals surface area contributed by atoms with E-state index in [1.807, 2.05) is 0 Å². The average molecular weight is 231 g/mol. The molecule has 1 aliphatic rings. The molecule has 0 aromatic rings. The van der Waals surface area contributed by atoms with E-state index in [2.05, 4.69) is 11.4 Å². The normalized spacial score (nSPS) is 31.0. The van der Waals surface area contributed by atoms with Crippen molar-refractivity contribution in [2.45, 2.75) is 54.8 Å². The zero-order chi connectivity index (χ0) is 8.97. The Labute approximate surface area is 81.4 Å². The molecular weight excluding hydrogens is 209 g/mol. The summed E-state index contributed by atoms with van der Waals surface area (Å²) >= 11 is -0.347. The number of nitrogens with two attached hydrogens (primary N) is 1. The molecule has 72 valence electrons. The summed E-state index contributed by atoms with van der Waals surface area (Å²) in [5.41, 5.74) is 10.8. The molecule has 0 radical (unpaired) electrons. The van der Waals surface area contributed by atoms with E-state index in [0.717, 1.165) is 5.92 Å². The van der Waals surface area contributed by atoms with Crippen LogP contribution in [0, 0.1) is 5.92 Å². The maximum absolute atomic E-state index is 5.86. The molecule has 0 unspecified atom stereocenters. The van der Waals surface area contributed by atoms with Crippen LogP contribution >= 0.6 is 0 Å². The first-order valence-electron chi connectivity index (χ1n) is 5.09. The van der Waals surface area contributed by atoms with Crippen LogP contribution in [0.25, 0.3) is 0 Å². The average Bonchev–Trinajstić information content (AvgIpc) is 2.03. The van der Waals surface area contributed by atoms with Gasteiger partial charge < -0.3 is 0 Å². The van der Waals surface area contributed by atoms with Gasteiger partial charge in [-0.15, -0.1) is 0 Å². The van der Waals surface area contributed by atoms with Gasteiger partial charge in [0.2, 0.25) is 0 Å². The zero-order valence-corrected chi connectivity index (χ0v) is 10.3. The van der Waals surface area contributed by atoms with Crippen LogP contribution in [-0.4, -0.2) is 20.7 Å². The summed E-state index contributed by atoms with van der Waals surface area (Å²) in [5, 5.41) is 1.55.